The molecule has 1 N–H and O–H groups in total. The Kier molecular flexibility index (Phi) is 5.42. The first-order valence-electron chi connectivity index (χ1n) is 11.5. The number of aromatic nitrogens is 1. The first kappa shape index (κ1) is 20.4. The molecule has 2 aromatic rings. The van der Waals surface area contributed by atoms with Gasteiger partial charge in [0, 0.05) is 37.4 Å². The summed E-state index contributed by atoms with van der Waals surface area (Å²) in [4.78, 5) is 22.5. The second-order valence-corrected chi connectivity index (χ2v) is 9.43. The molecule has 5 rings (SSSR count). The van der Waals surface area contributed by atoms with Gasteiger partial charge in [-0.3, -0.25) is 4.79 Å². The third kappa shape index (κ3) is 3.93. The van der Waals surface area contributed by atoms with Gasteiger partial charge >= 0.3 is 0 Å². The summed E-state index contributed by atoms with van der Waals surface area (Å²) in [6.45, 7) is 2.47. The predicted molar refractivity (Wildman–Crippen MR) is 118 cm³/mol. The van der Waals surface area contributed by atoms with Crippen LogP contribution < -0.4 is 4.90 Å². The Balaban J connectivity index is 1.29. The number of hydrogen-bond acceptors (Lipinski definition) is 4. The lowest BCUT2D eigenvalue weighted by Crippen LogP contribution is -2.50. The van der Waals surface area contributed by atoms with Gasteiger partial charge in [-0.15, -0.1) is 0 Å². The van der Waals surface area contributed by atoms with E-state index in [1.54, 1.807) is 12.1 Å². The molecular formula is C25H30FN3O2. The molecule has 1 aliphatic carbocycles. The molecule has 1 aromatic carbocycles. The van der Waals surface area contributed by atoms with E-state index in [9.17, 15) is 14.3 Å². The van der Waals surface area contributed by atoms with Crippen LogP contribution in [0.3, 0.4) is 0 Å². The van der Waals surface area contributed by atoms with Gasteiger partial charge in [-0.05, 0) is 74.8 Å². The van der Waals surface area contributed by atoms with E-state index in [1.807, 2.05) is 18.3 Å². The highest BCUT2D eigenvalue weighted by Gasteiger charge is 2.50. The number of carbonyl (C=O) groups excluding carboxylic acids is 1. The third-order valence-corrected chi connectivity index (χ3v) is 7.48. The smallest absolute Gasteiger partial charge is 0.230 e. The quantitative estimate of drug-likeness (QED) is 0.811. The first-order chi connectivity index (χ1) is 15.0. The van der Waals surface area contributed by atoms with E-state index in [0.717, 1.165) is 81.5 Å². The minimum Gasteiger partial charge on any atom is -0.393 e. The van der Waals surface area contributed by atoms with Crippen LogP contribution in [0.5, 0.6) is 0 Å². The van der Waals surface area contributed by atoms with Crippen molar-refractivity contribution in [1.29, 1.82) is 0 Å². The summed E-state index contributed by atoms with van der Waals surface area (Å²) in [5.41, 5.74) is 1.60. The molecule has 6 heteroatoms. The highest BCUT2D eigenvalue weighted by molar-refractivity contribution is 5.86. The number of nitrogens with zero attached hydrogens (tertiary/aromatic N) is 3. The third-order valence-electron chi connectivity index (χ3n) is 7.48. The van der Waals surface area contributed by atoms with E-state index < -0.39 is 0 Å². The van der Waals surface area contributed by atoms with E-state index in [1.165, 1.54) is 12.1 Å². The van der Waals surface area contributed by atoms with Crippen LogP contribution in [0, 0.1) is 11.2 Å². The Hall–Kier alpha value is -2.47. The molecule has 1 saturated carbocycles. The number of benzene rings is 1. The van der Waals surface area contributed by atoms with Crippen molar-refractivity contribution >= 4 is 11.7 Å². The van der Waals surface area contributed by atoms with Gasteiger partial charge in [-0.2, -0.15) is 0 Å². The standard InChI is InChI=1S/C25H30FN3O2/c26-20-5-2-18(3-6-20)19-4-11-23(27-16-19)28-14-1-12-25(17-28)13-15-29(24(25)31)21-7-9-22(30)10-8-21/h2-6,11,16,21-22,30H,1,7-10,12-15,17H2/t21-,22-,25-/m1/s1. The van der Waals surface area contributed by atoms with Crippen molar-refractivity contribution in [2.45, 2.75) is 57.1 Å². The molecule has 2 aliphatic heterocycles. The van der Waals surface area contributed by atoms with E-state index in [0.29, 0.717) is 11.9 Å². The van der Waals surface area contributed by atoms with E-state index >= 15 is 0 Å². The number of carbonyl (C=O) groups is 1. The van der Waals surface area contributed by atoms with Crippen LogP contribution in [0.25, 0.3) is 11.1 Å². The summed E-state index contributed by atoms with van der Waals surface area (Å²) < 4.78 is 13.2. The number of halogens is 1. The summed E-state index contributed by atoms with van der Waals surface area (Å²) in [5, 5.41) is 9.81. The zero-order chi connectivity index (χ0) is 21.4. The highest BCUT2D eigenvalue weighted by atomic mass is 19.1. The van der Waals surface area contributed by atoms with Crippen LogP contribution >= 0.6 is 0 Å². The summed E-state index contributed by atoms with van der Waals surface area (Å²) in [6, 6.07) is 10.8. The summed E-state index contributed by atoms with van der Waals surface area (Å²) >= 11 is 0. The number of anilines is 1. The Labute approximate surface area is 182 Å². The molecule has 5 nitrogen and oxygen atoms in total. The van der Waals surface area contributed by atoms with Gasteiger partial charge in [0.05, 0.1) is 11.5 Å². The molecule has 1 spiro atoms. The zero-order valence-corrected chi connectivity index (χ0v) is 17.8. The Bertz CT molecular complexity index is 925. The second kappa shape index (κ2) is 8.23. The molecule has 3 fully saturated rings. The van der Waals surface area contributed by atoms with Crippen LogP contribution in [0.15, 0.2) is 42.6 Å². The predicted octanol–water partition coefficient (Wildman–Crippen LogP) is 4.01. The highest BCUT2D eigenvalue weighted by Crippen LogP contribution is 2.43. The Morgan fingerprint density at radius 3 is 2.42 bits per heavy atom. The Morgan fingerprint density at radius 2 is 1.71 bits per heavy atom. The molecule has 31 heavy (non-hydrogen) atoms. The first-order valence-corrected chi connectivity index (χ1v) is 11.5. The average molecular weight is 424 g/mol. The number of hydrogen-bond donors (Lipinski definition) is 1. The fourth-order valence-corrected chi connectivity index (χ4v) is 5.66. The van der Waals surface area contributed by atoms with E-state index in [2.05, 4.69) is 14.8 Å². The summed E-state index contributed by atoms with van der Waals surface area (Å²) in [7, 11) is 0. The number of pyridine rings is 1. The minimum absolute atomic E-state index is 0.197. The van der Waals surface area contributed by atoms with Crippen molar-refractivity contribution in [2.75, 3.05) is 24.5 Å². The van der Waals surface area contributed by atoms with Gasteiger partial charge in [-0.1, -0.05) is 12.1 Å². The second-order valence-electron chi connectivity index (χ2n) is 9.43. The van der Waals surface area contributed by atoms with Crippen LogP contribution in [-0.2, 0) is 4.79 Å². The maximum Gasteiger partial charge on any atom is 0.230 e. The van der Waals surface area contributed by atoms with Crippen LogP contribution in [0.4, 0.5) is 10.2 Å². The number of likely N-dealkylation sites (tertiary alicyclic amines) is 1. The molecule has 1 amide bonds. The number of rotatable bonds is 3. The van der Waals surface area contributed by atoms with Gasteiger partial charge in [0.15, 0.2) is 0 Å². The zero-order valence-electron chi connectivity index (χ0n) is 17.8. The lowest BCUT2D eigenvalue weighted by Gasteiger charge is -2.41. The minimum atomic E-state index is -0.300. The normalized spacial score (nSPS) is 29.0. The average Bonchev–Trinajstić information content (AvgIpc) is 3.10. The van der Waals surface area contributed by atoms with Gasteiger partial charge < -0.3 is 14.9 Å². The van der Waals surface area contributed by atoms with Crippen molar-refractivity contribution in [2.24, 2.45) is 5.41 Å². The van der Waals surface area contributed by atoms with Crippen molar-refractivity contribution in [3.05, 3.63) is 48.4 Å². The van der Waals surface area contributed by atoms with Gasteiger partial charge in [-0.25, -0.2) is 9.37 Å². The monoisotopic (exact) mass is 423 g/mol. The fourth-order valence-electron chi connectivity index (χ4n) is 5.66. The Morgan fingerprint density at radius 1 is 0.968 bits per heavy atom. The van der Waals surface area contributed by atoms with E-state index in [-0.39, 0.29) is 17.3 Å². The molecule has 0 unspecified atom stereocenters. The lowest BCUT2D eigenvalue weighted by atomic mass is 9.78. The number of aliphatic hydroxyl groups excluding tert-OH is 1. The van der Waals surface area contributed by atoms with Gasteiger partial charge in [0.2, 0.25) is 5.91 Å². The van der Waals surface area contributed by atoms with Crippen LogP contribution in [0.1, 0.15) is 44.9 Å². The molecule has 164 valence electrons. The van der Waals surface area contributed by atoms with Gasteiger partial charge in [0.25, 0.3) is 0 Å². The molecule has 2 saturated heterocycles. The molecule has 0 bridgehead atoms. The lowest BCUT2D eigenvalue weighted by molar-refractivity contribution is -0.139. The molecule has 3 aliphatic rings. The maximum absolute atomic E-state index is 13.5. The van der Waals surface area contributed by atoms with Crippen molar-refractivity contribution in [1.82, 2.24) is 9.88 Å². The van der Waals surface area contributed by atoms with Crippen molar-refractivity contribution in [3.8, 4) is 11.1 Å². The summed E-state index contributed by atoms with van der Waals surface area (Å²) in [6.07, 6.45) is 7.92. The largest absolute Gasteiger partial charge is 0.393 e. The van der Waals surface area contributed by atoms with Crippen molar-refractivity contribution < 1.29 is 14.3 Å². The number of piperidine rings is 1. The molecule has 1 aromatic heterocycles. The SMILES string of the molecule is O=C1N([C@H]2CC[C@H](O)CC2)CC[C@@]12CCCN(c1ccc(-c3ccc(F)cc3)cn1)C2. The number of amides is 1. The molecule has 0 radical (unpaired) electrons. The molecule has 1 atom stereocenters. The van der Waals surface area contributed by atoms with Gasteiger partial charge in [0.1, 0.15) is 11.6 Å². The van der Waals surface area contributed by atoms with Crippen LogP contribution in [-0.4, -0.2) is 52.7 Å². The topological polar surface area (TPSA) is 56.7 Å². The molecule has 3 heterocycles. The van der Waals surface area contributed by atoms with Crippen LogP contribution in [0.2, 0.25) is 0 Å². The van der Waals surface area contributed by atoms with E-state index in [4.69, 9.17) is 0 Å². The number of aliphatic hydroxyl groups is 1. The fraction of sp³-hybridized carbons (Fsp3) is 0.520. The van der Waals surface area contributed by atoms with Crippen molar-refractivity contribution in [3.63, 3.8) is 0 Å². The maximum atomic E-state index is 13.5. The molecular weight excluding hydrogens is 393 g/mol. The summed E-state index contributed by atoms with van der Waals surface area (Å²) in [5.74, 6) is 0.963.